The molecule has 2 N–H and O–H groups in total. The van der Waals surface area contributed by atoms with Crippen molar-refractivity contribution in [3.05, 3.63) is 38.0 Å². The van der Waals surface area contributed by atoms with Crippen molar-refractivity contribution < 1.29 is 19.9 Å². The Morgan fingerprint density at radius 2 is 2.11 bits per heavy atom. The van der Waals surface area contributed by atoms with Gasteiger partial charge in [0.15, 0.2) is 11.2 Å². The minimum absolute atomic E-state index is 0.0567. The molecule has 98 valence electrons. The number of aromatic carboxylic acids is 1. The van der Waals surface area contributed by atoms with Crippen LogP contribution in [0.4, 0.5) is 5.69 Å². The summed E-state index contributed by atoms with van der Waals surface area (Å²) in [6.45, 7) is 1.39. The van der Waals surface area contributed by atoms with Crippen LogP contribution in [-0.2, 0) is 0 Å². The Kier molecular flexibility index (Phi) is 3.11. The summed E-state index contributed by atoms with van der Waals surface area (Å²) in [6.07, 6.45) is 0. The Morgan fingerprint density at radius 3 is 2.63 bits per heavy atom. The van der Waals surface area contributed by atoms with Gasteiger partial charge in [-0.25, -0.2) is 9.78 Å². The summed E-state index contributed by atoms with van der Waals surface area (Å²) in [5.41, 5.74) is -0.886. The molecule has 19 heavy (non-hydrogen) atoms. The highest BCUT2D eigenvalue weighted by Crippen LogP contribution is 2.38. The molecule has 0 saturated heterocycles. The Bertz CT molecular complexity index is 729. The van der Waals surface area contributed by atoms with Crippen LogP contribution < -0.4 is 0 Å². The molecule has 0 aliphatic heterocycles. The van der Waals surface area contributed by atoms with E-state index in [9.17, 15) is 20.0 Å². The van der Waals surface area contributed by atoms with Crippen LogP contribution in [0.25, 0.3) is 10.9 Å². The van der Waals surface area contributed by atoms with Crippen molar-refractivity contribution >= 4 is 38.5 Å². The van der Waals surface area contributed by atoms with Crippen molar-refractivity contribution in [3.8, 4) is 5.75 Å². The molecule has 0 unspecified atom stereocenters. The van der Waals surface area contributed by atoms with Gasteiger partial charge in [-0.2, -0.15) is 0 Å². The monoisotopic (exact) mass is 326 g/mol. The fraction of sp³-hybridized carbons (Fsp3) is 0.0909. The second kappa shape index (κ2) is 4.47. The molecule has 0 atom stereocenters. The van der Waals surface area contributed by atoms with Gasteiger partial charge in [-0.15, -0.1) is 0 Å². The maximum absolute atomic E-state index is 11.0. The van der Waals surface area contributed by atoms with Crippen LogP contribution in [0.5, 0.6) is 5.75 Å². The number of aromatic hydroxyl groups is 1. The molecule has 2 rings (SSSR count). The maximum atomic E-state index is 11.0. The van der Waals surface area contributed by atoms with Crippen molar-refractivity contribution in [1.29, 1.82) is 0 Å². The minimum atomic E-state index is -1.36. The summed E-state index contributed by atoms with van der Waals surface area (Å²) in [6, 6.07) is 2.60. The normalized spacial score (nSPS) is 10.6. The van der Waals surface area contributed by atoms with E-state index >= 15 is 0 Å². The Labute approximate surface area is 114 Å². The molecular formula is C11H7BrN2O5. The number of nitro benzene ring substituents is 1. The lowest BCUT2D eigenvalue weighted by molar-refractivity contribution is -0.383. The molecule has 0 radical (unpaired) electrons. The van der Waals surface area contributed by atoms with E-state index in [0.717, 1.165) is 0 Å². The zero-order chi connectivity index (χ0) is 14.3. The number of non-ortho nitro benzene ring substituents is 1. The van der Waals surface area contributed by atoms with Gasteiger partial charge in [0, 0.05) is 16.1 Å². The molecule has 2 aromatic rings. The third-order valence-corrected chi connectivity index (χ3v) is 3.34. The third kappa shape index (κ3) is 1.99. The van der Waals surface area contributed by atoms with Crippen molar-refractivity contribution in [2.45, 2.75) is 6.92 Å². The maximum Gasteiger partial charge on any atom is 0.354 e. The first-order chi connectivity index (χ1) is 8.84. The van der Waals surface area contributed by atoms with Gasteiger partial charge in [-0.05, 0) is 28.9 Å². The average Bonchev–Trinajstić information content (AvgIpc) is 2.32. The number of halogens is 1. The van der Waals surface area contributed by atoms with Crippen LogP contribution in [-0.4, -0.2) is 26.1 Å². The molecule has 0 spiro atoms. The summed E-state index contributed by atoms with van der Waals surface area (Å²) >= 11 is 3.16. The summed E-state index contributed by atoms with van der Waals surface area (Å²) in [5.74, 6) is -1.69. The second-order valence-electron chi connectivity index (χ2n) is 3.79. The molecule has 0 aliphatic carbocycles. The van der Waals surface area contributed by atoms with Crippen molar-refractivity contribution in [1.82, 2.24) is 4.98 Å². The number of rotatable bonds is 2. The van der Waals surface area contributed by atoms with E-state index in [0.29, 0.717) is 4.47 Å². The van der Waals surface area contributed by atoms with E-state index in [2.05, 4.69) is 20.9 Å². The number of pyridine rings is 1. The standard InChI is InChI=1S/C11H7BrN2O5/c1-4-8(11(16)17)13-9-6(14(18)19)3-2-5(12)7(9)10(4)15/h2-3H,1H3,(H,13,15)(H,16,17). The first-order valence-corrected chi connectivity index (χ1v) is 5.83. The van der Waals surface area contributed by atoms with E-state index in [-0.39, 0.29) is 27.9 Å². The number of fused-ring (bicyclic) bond motifs is 1. The Hall–Kier alpha value is -2.22. The van der Waals surface area contributed by atoms with Crippen LogP contribution in [0.1, 0.15) is 16.1 Å². The predicted octanol–water partition coefficient (Wildman–Crippen LogP) is 2.62. The lowest BCUT2D eigenvalue weighted by Crippen LogP contribution is -2.05. The van der Waals surface area contributed by atoms with E-state index in [1.165, 1.54) is 19.1 Å². The van der Waals surface area contributed by atoms with Crippen LogP contribution in [0.15, 0.2) is 16.6 Å². The molecule has 7 nitrogen and oxygen atoms in total. The number of carboxylic acid groups (broad SMARTS) is 1. The number of hydrogen-bond donors (Lipinski definition) is 2. The smallest absolute Gasteiger partial charge is 0.354 e. The SMILES string of the molecule is Cc1c(C(=O)O)nc2c([N+](=O)[O-])ccc(Br)c2c1O. The number of carboxylic acids is 1. The fourth-order valence-electron chi connectivity index (χ4n) is 1.74. The third-order valence-electron chi connectivity index (χ3n) is 2.68. The molecule has 1 aromatic heterocycles. The van der Waals surface area contributed by atoms with Crippen LogP contribution >= 0.6 is 15.9 Å². The van der Waals surface area contributed by atoms with Gasteiger partial charge in [0.2, 0.25) is 0 Å². The highest BCUT2D eigenvalue weighted by atomic mass is 79.9. The van der Waals surface area contributed by atoms with Gasteiger partial charge in [0.05, 0.1) is 10.3 Å². The van der Waals surface area contributed by atoms with E-state index in [1.807, 2.05) is 0 Å². The predicted molar refractivity (Wildman–Crippen MR) is 69.5 cm³/mol. The number of hydrogen-bond acceptors (Lipinski definition) is 5. The zero-order valence-electron chi connectivity index (χ0n) is 9.55. The fourth-order valence-corrected chi connectivity index (χ4v) is 2.25. The molecule has 0 aliphatic rings. The molecular weight excluding hydrogens is 320 g/mol. The number of nitro groups is 1. The number of benzene rings is 1. The molecule has 1 aromatic carbocycles. The molecule has 0 saturated carbocycles. The molecule has 0 bridgehead atoms. The number of aromatic nitrogens is 1. The summed E-state index contributed by atoms with van der Waals surface area (Å²) in [5, 5.41) is 30.1. The largest absolute Gasteiger partial charge is 0.507 e. The van der Waals surface area contributed by atoms with Gasteiger partial charge in [0.1, 0.15) is 5.75 Å². The Morgan fingerprint density at radius 1 is 1.47 bits per heavy atom. The summed E-state index contributed by atoms with van der Waals surface area (Å²) in [4.78, 5) is 25.1. The lowest BCUT2D eigenvalue weighted by Gasteiger charge is -2.09. The van der Waals surface area contributed by atoms with Gasteiger partial charge >= 0.3 is 5.97 Å². The van der Waals surface area contributed by atoms with Crippen molar-refractivity contribution in [3.63, 3.8) is 0 Å². The van der Waals surface area contributed by atoms with Crippen LogP contribution in [0.3, 0.4) is 0 Å². The van der Waals surface area contributed by atoms with Crippen LogP contribution in [0.2, 0.25) is 0 Å². The average molecular weight is 327 g/mol. The van der Waals surface area contributed by atoms with E-state index in [4.69, 9.17) is 5.11 Å². The van der Waals surface area contributed by atoms with Gasteiger partial charge < -0.3 is 10.2 Å². The summed E-state index contributed by atoms with van der Waals surface area (Å²) in [7, 11) is 0. The van der Waals surface area contributed by atoms with Gasteiger partial charge in [-0.3, -0.25) is 10.1 Å². The van der Waals surface area contributed by atoms with Crippen LogP contribution in [0, 0.1) is 17.0 Å². The highest BCUT2D eigenvalue weighted by molar-refractivity contribution is 9.10. The molecule has 8 heteroatoms. The first-order valence-electron chi connectivity index (χ1n) is 5.04. The highest BCUT2D eigenvalue weighted by Gasteiger charge is 2.23. The minimum Gasteiger partial charge on any atom is -0.507 e. The molecule has 0 fully saturated rings. The topological polar surface area (TPSA) is 114 Å². The van der Waals surface area contributed by atoms with Crippen molar-refractivity contribution in [2.24, 2.45) is 0 Å². The number of nitrogens with zero attached hydrogens (tertiary/aromatic N) is 2. The molecule has 0 amide bonds. The first kappa shape index (κ1) is 13.2. The zero-order valence-corrected chi connectivity index (χ0v) is 11.1. The van der Waals surface area contributed by atoms with Gasteiger partial charge in [-0.1, -0.05) is 0 Å². The number of carbonyl (C=O) groups is 1. The van der Waals surface area contributed by atoms with Crippen molar-refractivity contribution in [2.75, 3.05) is 0 Å². The van der Waals surface area contributed by atoms with E-state index < -0.39 is 16.6 Å². The summed E-state index contributed by atoms with van der Waals surface area (Å²) < 4.78 is 0.401. The van der Waals surface area contributed by atoms with E-state index in [1.54, 1.807) is 0 Å². The lowest BCUT2D eigenvalue weighted by atomic mass is 10.1. The molecule has 1 heterocycles. The second-order valence-corrected chi connectivity index (χ2v) is 4.64. The van der Waals surface area contributed by atoms with Gasteiger partial charge in [0.25, 0.3) is 5.69 Å². The quantitative estimate of drug-likeness (QED) is 0.647. The Balaban J connectivity index is 3.03.